The third kappa shape index (κ3) is 4.49. The van der Waals surface area contributed by atoms with Crippen molar-refractivity contribution in [2.24, 2.45) is 0 Å². The summed E-state index contributed by atoms with van der Waals surface area (Å²) in [5.41, 5.74) is 2.80. The molecule has 3 rings (SSSR count). The van der Waals surface area contributed by atoms with Gasteiger partial charge in [-0.25, -0.2) is 0 Å². The summed E-state index contributed by atoms with van der Waals surface area (Å²) in [6.07, 6.45) is 3.76. The Morgan fingerprint density at radius 2 is 1.60 bits per heavy atom. The second-order valence-electron chi connectivity index (χ2n) is 7.08. The van der Waals surface area contributed by atoms with Gasteiger partial charge in [-0.1, -0.05) is 55.5 Å². The van der Waals surface area contributed by atoms with E-state index in [2.05, 4.69) is 66.0 Å². The van der Waals surface area contributed by atoms with E-state index in [-0.39, 0.29) is 5.91 Å². The fraction of sp³-hybridized carbons (Fsp3) is 0.409. The van der Waals surface area contributed by atoms with Gasteiger partial charge in [0.1, 0.15) is 5.69 Å². The average molecular weight is 337 g/mol. The van der Waals surface area contributed by atoms with Crippen LogP contribution in [0.2, 0.25) is 0 Å². The first-order valence-electron chi connectivity index (χ1n) is 9.47. The van der Waals surface area contributed by atoms with Crippen LogP contribution < -0.4 is 9.80 Å². The second-order valence-corrected chi connectivity index (χ2v) is 7.08. The minimum absolute atomic E-state index is 0.175. The van der Waals surface area contributed by atoms with Gasteiger partial charge in [-0.15, -0.1) is 0 Å². The summed E-state index contributed by atoms with van der Waals surface area (Å²) < 4.78 is 1.02. The van der Waals surface area contributed by atoms with Crippen LogP contribution in [-0.4, -0.2) is 31.6 Å². The molecule has 0 spiro atoms. The maximum absolute atomic E-state index is 11.7. The van der Waals surface area contributed by atoms with Crippen molar-refractivity contribution in [1.82, 2.24) is 9.80 Å². The van der Waals surface area contributed by atoms with Gasteiger partial charge in [0.15, 0.2) is 0 Å². The Bertz CT molecular complexity index is 661. The Kier molecular flexibility index (Phi) is 5.87. The van der Waals surface area contributed by atoms with E-state index in [9.17, 15) is 4.79 Å². The van der Waals surface area contributed by atoms with E-state index in [1.54, 1.807) is 0 Å². The number of piperidine rings is 1. The average Bonchev–Trinajstić information content (AvgIpc) is 2.69. The van der Waals surface area contributed by atoms with Crippen LogP contribution in [0.4, 0.5) is 5.69 Å². The van der Waals surface area contributed by atoms with Crippen LogP contribution >= 0.6 is 0 Å². The molecule has 1 aliphatic rings. The fourth-order valence-electron chi connectivity index (χ4n) is 3.88. The number of amides is 1. The molecule has 1 N–H and O–H groups in total. The molecule has 0 atom stereocenters. The number of rotatable bonds is 6. The number of hydrogen-bond acceptors (Lipinski definition) is 1. The van der Waals surface area contributed by atoms with Crippen LogP contribution in [0.3, 0.4) is 0 Å². The van der Waals surface area contributed by atoms with Crippen molar-refractivity contribution in [2.75, 3.05) is 19.6 Å². The Morgan fingerprint density at radius 1 is 1.00 bits per heavy atom. The zero-order chi connectivity index (χ0) is 17.5. The summed E-state index contributed by atoms with van der Waals surface area (Å²) in [5.74, 6) is 0.175. The van der Waals surface area contributed by atoms with Crippen LogP contribution in [0.1, 0.15) is 31.7 Å². The number of benzene rings is 2. The molecule has 132 valence electrons. The van der Waals surface area contributed by atoms with E-state index >= 15 is 0 Å². The second kappa shape index (κ2) is 8.30. The molecule has 0 bridgehead atoms. The van der Waals surface area contributed by atoms with Gasteiger partial charge in [-0.05, 0) is 17.7 Å². The first-order chi connectivity index (χ1) is 12.2. The van der Waals surface area contributed by atoms with Crippen molar-refractivity contribution in [2.45, 2.75) is 38.6 Å². The number of nitrogens with one attached hydrogen (secondary N) is 1. The molecule has 1 heterocycles. The standard InChI is InChI=1S/C22H28N2O/c1-2-22(25)23-20-14-17-24(18-15-20,21-11-7-4-8-12-21)16-13-19-9-5-3-6-10-19/h3-12,20H,2,13-18H2,1H3/p+1. The Labute approximate surface area is 151 Å². The minimum Gasteiger partial charge on any atom is -0.353 e. The minimum atomic E-state index is 0.175. The quantitative estimate of drug-likeness (QED) is 0.795. The van der Waals surface area contributed by atoms with Crippen LogP contribution in [-0.2, 0) is 11.2 Å². The maximum atomic E-state index is 11.7. The largest absolute Gasteiger partial charge is 0.353 e. The zero-order valence-electron chi connectivity index (χ0n) is 15.2. The number of hydrogen-bond donors (Lipinski definition) is 1. The summed E-state index contributed by atoms with van der Waals surface area (Å²) in [7, 11) is 0. The highest BCUT2D eigenvalue weighted by molar-refractivity contribution is 5.75. The van der Waals surface area contributed by atoms with E-state index in [1.807, 2.05) is 6.92 Å². The molecule has 0 saturated carbocycles. The monoisotopic (exact) mass is 337 g/mol. The number of likely N-dealkylation sites (tertiary alicyclic amines) is 1. The van der Waals surface area contributed by atoms with Gasteiger partial charge >= 0.3 is 0 Å². The molecule has 0 radical (unpaired) electrons. The van der Waals surface area contributed by atoms with Gasteiger partial charge in [0.05, 0.1) is 19.6 Å². The van der Waals surface area contributed by atoms with Crippen LogP contribution in [0.25, 0.3) is 0 Å². The third-order valence-corrected chi connectivity index (χ3v) is 5.47. The van der Waals surface area contributed by atoms with Crippen LogP contribution in [0.15, 0.2) is 60.7 Å². The van der Waals surface area contributed by atoms with Crippen molar-refractivity contribution in [3.8, 4) is 0 Å². The van der Waals surface area contributed by atoms with E-state index in [0.29, 0.717) is 12.5 Å². The van der Waals surface area contributed by atoms with Gasteiger partial charge in [0, 0.05) is 31.7 Å². The molecule has 1 aliphatic heterocycles. The van der Waals surface area contributed by atoms with E-state index < -0.39 is 0 Å². The maximum Gasteiger partial charge on any atom is 0.219 e. The highest BCUT2D eigenvalue weighted by Crippen LogP contribution is 2.29. The molecule has 0 aromatic heterocycles. The van der Waals surface area contributed by atoms with E-state index in [0.717, 1.165) is 43.4 Å². The molecule has 0 aliphatic carbocycles. The van der Waals surface area contributed by atoms with Gasteiger partial charge < -0.3 is 5.32 Å². The van der Waals surface area contributed by atoms with Crippen LogP contribution in [0, 0.1) is 0 Å². The number of nitrogens with zero attached hydrogens (tertiary/aromatic N) is 1. The summed E-state index contributed by atoms with van der Waals surface area (Å²) >= 11 is 0. The molecule has 1 amide bonds. The molecule has 2 aromatic carbocycles. The molecule has 1 saturated heterocycles. The van der Waals surface area contributed by atoms with E-state index in [4.69, 9.17) is 0 Å². The van der Waals surface area contributed by atoms with Gasteiger partial charge in [0.2, 0.25) is 5.91 Å². The van der Waals surface area contributed by atoms with Crippen LogP contribution in [0.5, 0.6) is 0 Å². The summed E-state index contributed by atoms with van der Waals surface area (Å²) in [5, 5.41) is 3.18. The van der Waals surface area contributed by atoms with Crippen molar-refractivity contribution >= 4 is 11.6 Å². The highest BCUT2D eigenvalue weighted by atomic mass is 16.1. The molecular weight excluding hydrogens is 308 g/mol. The molecule has 0 unspecified atom stereocenters. The summed E-state index contributed by atoms with van der Waals surface area (Å²) in [6.45, 7) is 5.21. The number of carbonyl (C=O) groups excluding carboxylic acids is 1. The van der Waals surface area contributed by atoms with Gasteiger partial charge in [-0.2, -0.15) is 0 Å². The molecule has 2 aromatic rings. The molecule has 1 fully saturated rings. The van der Waals surface area contributed by atoms with Crippen molar-refractivity contribution in [1.29, 1.82) is 0 Å². The predicted molar refractivity (Wildman–Crippen MR) is 104 cm³/mol. The lowest BCUT2D eigenvalue weighted by molar-refractivity contribution is -0.121. The first kappa shape index (κ1) is 17.7. The Morgan fingerprint density at radius 3 is 2.20 bits per heavy atom. The number of carbonyl (C=O) groups is 1. The van der Waals surface area contributed by atoms with Crippen molar-refractivity contribution < 1.29 is 4.79 Å². The molecular formula is C22H29N2O+. The van der Waals surface area contributed by atoms with Crippen molar-refractivity contribution in [3.05, 3.63) is 66.2 Å². The van der Waals surface area contributed by atoms with Crippen molar-refractivity contribution in [3.63, 3.8) is 0 Å². The Hall–Kier alpha value is -2.13. The number of para-hydroxylation sites is 1. The third-order valence-electron chi connectivity index (χ3n) is 5.47. The van der Waals surface area contributed by atoms with E-state index in [1.165, 1.54) is 11.3 Å². The molecule has 25 heavy (non-hydrogen) atoms. The molecule has 3 nitrogen and oxygen atoms in total. The summed E-state index contributed by atoms with van der Waals surface area (Å²) in [6, 6.07) is 22.0. The van der Waals surface area contributed by atoms with Gasteiger partial charge in [0.25, 0.3) is 0 Å². The zero-order valence-corrected chi connectivity index (χ0v) is 15.2. The lowest BCUT2D eigenvalue weighted by Gasteiger charge is -2.43. The lowest BCUT2D eigenvalue weighted by atomic mass is 9.99. The highest BCUT2D eigenvalue weighted by Gasteiger charge is 2.36. The SMILES string of the molecule is CCC(=O)NC1CC[N+](CCc2ccccc2)(c2ccccc2)CC1. The Balaban J connectivity index is 1.72. The lowest BCUT2D eigenvalue weighted by Crippen LogP contribution is -2.58. The first-order valence-corrected chi connectivity index (χ1v) is 9.47. The predicted octanol–water partition coefficient (Wildman–Crippen LogP) is 3.93. The smallest absolute Gasteiger partial charge is 0.219 e. The van der Waals surface area contributed by atoms with Gasteiger partial charge in [-0.3, -0.25) is 9.28 Å². The fourth-order valence-corrected chi connectivity index (χ4v) is 3.88. The topological polar surface area (TPSA) is 29.1 Å². The number of quaternary nitrogens is 1. The summed E-state index contributed by atoms with van der Waals surface area (Å²) in [4.78, 5) is 11.7. The normalized spacial score (nSPS) is 23.2. The molecule has 3 heteroatoms.